The van der Waals surface area contributed by atoms with Crippen LogP contribution in [0.3, 0.4) is 0 Å². The van der Waals surface area contributed by atoms with Gasteiger partial charge in [-0.05, 0) is 49.2 Å². The van der Waals surface area contributed by atoms with Crippen LogP contribution in [0.4, 0.5) is 5.69 Å². The van der Waals surface area contributed by atoms with Gasteiger partial charge in [0, 0.05) is 11.6 Å². The number of benzene rings is 2. The lowest BCUT2D eigenvalue weighted by Gasteiger charge is -2.23. The first-order chi connectivity index (χ1) is 12.3. The highest BCUT2D eigenvalue weighted by atomic mass is 35.5. The van der Waals surface area contributed by atoms with Gasteiger partial charge in [-0.25, -0.2) is 8.42 Å². The molecule has 1 aliphatic heterocycles. The second-order valence-corrected chi connectivity index (χ2v) is 8.96. The summed E-state index contributed by atoms with van der Waals surface area (Å²) >= 11 is 18.0. The Bertz CT molecular complexity index is 913. The number of nitrogens with one attached hydrogen (secondary N) is 1. The molecule has 0 aromatic heterocycles. The topological polar surface area (TPSA) is 66.5 Å². The standard InChI is InChI=1S/C17H15Cl3N2O3S/c18-11-6-8-12(9-7-11)26(24,25)22-10-2-5-15(22)17(23)21-16-13(19)3-1-4-14(16)20/h1,3-4,6-9,15H,2,5,10H2,(H,21,23)/t15-/m1/s1. The first kappa shape index (κ1) is 19.5. The predicted molar refractivity (Wildman–Crippen MR) is 103 cm³/mol. The van der Waals surface area contributed by atoms with Crippen molar-refractivity contribution in [2.45, 2.75) is 23.8 Å². The highest BCUT2D eigenvalue weighted by Crippen LogP contribution is 2.32. The van der Waals surface area contributed by atoms with E-state index in [-0.39, 0.29) is 27.2 Å². The fourth-order valence-electron chi connectivity index (χ4n) is 2.86. The quantitative estimate of drug-likeness (QED) is 0.775. The largest absolute Gasteiger partial charge is 0.322 e. The predicted octanol–water partition coefficient (Wildman–Crippen LogP) is 4.44. The van der Waals surface area contributed by atoms with Gasteiger partial charge in [0.15, 0.2) is 0 Å². The van der Waals surface area contributed by atoms with E-state index in [1.165, 1.54) is 28.6 Å². The maximum atomic E-state index is 12.9. The van der Waals surface area contributed by atoms with Crippen molar-refractivity contribution in [1.29, 1.82) is 0 Å². The molecule has 26 heavy (non-hydrogen) atoms. The number of carbonyl (C=O) groups is 1. The van der Waals surface area contributed by atoms with Crippen molar-refractivity contribution in [3.05, 3.63) is 57.5 Å². The molecule has 1 atom stereocenters. The Hall–Kier alpha value is -1.31. The van der Waals surface area contributed by atoms with Crippen LogP contribution in [0.5, 0.6) is 0 Å². The molecule has 0 radical (unpaired) electrons. The summed E-state index contributed by atoms with van der Waals surface area (Å²) in [6.07, 6.45) is 1.00. The molecule has 1 aliphatic rings. The Balaban J connectivity index is 1.86. The Labute approximate surface area is 166 Å². The third-order valence-electron chi connectivity index (χ3n) is 4.14. The van der Waals surface area contributed by atoms with E-state index in [4.69, 9.17) is 34.8 Å². The van der Waals surface area contributed by atoms with Crippen LogP contribution in [0.2, 0.25) is 15.1 Å². The van der Waals surface area contributed by atoms with Crippen molar-refractivity contribution >= 4 is 56.4 Å². The second-order valence-electron chi connectivity index (χ2n) is 5.81. The van der Waals surface area contributed by atoms with Gasteiger partial charge in [0.25, 0.3) is 0 Å². The zero-order valence-electron chi connectivity index (χ0n) is 13.5. The number of para-hydroxylation sites is 1. The van der Waals surface area contributed by atoms with Crippen molar-refractivity contribution < 1.29 is 13.2 Å². The molecule has 0 aliphatic carbocycles. The summed E-state index contributed by atoms with van der Waals surface area (Å²) in [5.41, 5.74) is 0.275. The average Bonchev–Trinajstić information content (AvgIpc) is 3.09. The number of amides is 1. The van der Waals surface area contributed by atoms with Gasteiger partial charge in [-0.15, -0.1) is 0 Å². The van der Waals surface area contributed by atoms with Crippen LogP contribution in [0.25, 0.3) is 0 Å². The maximum absolute atomic E-state index is 12.9. The first-order valence-electron chi connectivity index (χ1n) is 7.83. The van der Waals surface area contributed by atoms with E-state index in [0.717, 1.165) is 0 Å². The normalized spacial score (nSPS) is 18.0. The van der Waals surface area contributed by atoms with Gasteiger partial charge in [-0.1, -0.05) is 40.9 Å². The summed E-state index contributed by atoms with van der Waals surface area (Å²) in [7, 11) is -3.81. The summed E-state index contributed by atoms with van der Waals surface area (Å²) < 4.78 is 27.0. The van der Waals surface area contributed by atoms with Crippen LogP contribution >= 0.6 is 34.8 Å². The van der Waals surface area contributed by atoms with Crippen LogP contribution < -0.4 is 5.32 Å². The van der Waals surface area contributed by atoms with Crippen molar-refractivity contribution in [3.63, 3.8) is 0 Å². The van der Waals surface area contributed by atoms with E-state index in [0.29, 0.717) is 17.9 Å². The average molecular weight is 434 g/mol. The molecule has 2 aromatic carbocycles. The fraction of sp³-hybridized carbons (Fsp3) is 0.235. The number of carbonyl (C=O) groups excluding carboxylic acids is 1. The van der Waals surface area contributed by atoms with Gasteiger partial charge >= 0.3 is 0 Å². The molecular formula is C17H15Cl3N2O3S. The number of halogens is 3. The van der Waals surface area contributed by atoms with Crippen LogP contribution in [-0.2, 0) is 14.8 Å². The highest BCUT2D eigenvalue weighted by Gasteiger charge is 2.39. The molecular weight excluding hydrogens is 419 g/mol. The van der Waals surface area contributed by atoms with Gasteiger partial charge in [0.2, 0.25) is 15.9 Å². The van der Waals surface area contributed by atoms with Gasteiger partial charge in [0.05, 0.1) is 20.6 Å². The molecule has 0 saturated carbocycles. The minimum atomic E-state index is -3.81. The van der Waals surface area contributed by atoms with Gasteiger partial charge < -0.3 is 5.32 Å². The Morgan fingerprint density at radius 3 is 2.27 bits per heavy atom. The molecule has 0 unspecified atom stereocenters. The third kappa shape index (κ3) is 3.85. The fourth-order valence-corrected chi connectivity index (χ4v) is 5.13. The lowest BCUT2D eigenvalue weighted by molar-refractivity contribution is -0.119. The number of nitrogens with zero attached hydrogens (tertiary/aromatic N) is 1. The van der Waals surface area contributed by atoms with E-state index in [9.17, 15) is 13.2 Å². The second kappa shape index (κ2) is 7.74. The monoisotopic (exact) mass is 432 g/mol. The molecule has 3 rings (SSSR count). The number of rotatable bonds is 4. The van der Waals surface area contributed by atoms with E-state index >= 15 is 0 Å². The minimum Gasteiger partial charge on any atom is -0.322 e. The summed E-state index contributed by atoms with van der Waals surface area (Å²) in [5.74, 6) is -0.463. The Morgan fingerprint density at radius 2 is 1.65 bits per heavy atom. The zero-order chi connectivity index (χ0) is 18.9. The van der Waals surface area contributed by atoms with Crippen molar-refractivity contribution in [3.8, 4) is 0 Å². The summed E-state index contributed by atoms with van der Waals surface area (Å²) in [5, 5.41) is 3.67. The zero-order valence-corrected chi connectivity index (χ0v) is 16.5. The molecule has 1 fully saturated rings. The van der Waals surface area contributed by atoms with Gasteiger partial charge in [-0.2, -0.15) is 4.31 Å². The van der Waals surface area contributed by atoms with E-state index in [2.05, 4.69) is 5.32 Å². The molecule has 1 N–H and O–H groups in total. The van der Waals surface area contributed by atoms with E-state index in [1.54, 1.807) is 18.2 Å². The molecule has 9 heteroatoms. The van der Waals surface area contributed by atoms with Gasteiger partial charge in [-0.3, -0.25) is 4.79 Å². The summed E-state index contributed by atoms with van der Waals surface area (Å²) in [6.45, 7) is 0.263. The molecule has 1 heterocycles. The highest BCUT2D eigenvalue weighted by molar-refractivity contribution is 7.89. The van der Waals surface area contributed by atoms with Crippen LogP contribution in [-0.4, -0.2) is 31.2 Å². The maximum Gasteiger partial charge on any atom is 0.243 e. The van der Waals surface area contributed by atoms with Crippen molar-refractivity contribution in [2.75, 3.05) is 11.9 Å². The first-order valence-corrected chi connectivity index (χ1v) is 10.4. The smallest absolute Gasteiger partial charge is 0.243 e. The number of hydrogen-bond donors (Lipinski definition) is 1. The number of sulfonamides is 1. The molecule has 0 spiro atoms. The number of anilines is 1. The molecule has 5 nitrogen and oxygen atoms in total. The lowest BCUT2D eigenvalue weighted by Crippen LogP contribution is -2.43. The van der Waals surface area contributed by atoms with E-state index in [1.807, 2.05) is 0 Å². The van der Waals surface area contributed by atoms with E-state index < -0.39 is 22.0 Å². The van der Waals surface area contributed by atoms with Crippen LogP contribution in [0, 0.1) is 0 Å². The Morgan fingerprint density at radius 1 is 1.04 bits per heavy atom. The molecule has 138 valence electrons. The van der Waals surface area contributed by atoms with Crippen LogP contribution in [0.15, 0.2) is 47.4 Å². The van der Waals surface area contributed by atoms with Crippen molar-refractivity contribution in [1.82, 2.24) is 4.31 Å². The minimum absolute atomic E-state index is 0.0948. The molecule has 2 aromatic rings. The van der Waals surface area contributed by atoms with Gasteiger partial charge in [0.1, 0.15) is 6.04 Å². The van der Waals surface area contributed by atoms with Crippen LogP contribution in [0.1, 0.15) is 12.8 Å². The SMILES string of the molecule is O=C(Nc1c(Cl)cccc1Cl)[C@H]1CCCN1S(=O)(=O)c1ccc(Cl)cc1. The summed E-state index contributed by atoms with van der Waals surface area (Å²) in [6, 6.07) is 9.88. The Kier molecular flexibility index (Phi) is 5.79. The summed E-state index contributed by atoms with van der Waals surface area (Å²) in [4.78, 5) is 12.8. The van der Waals surface area contributed by atoms with Crippen molar-refractivity contribution in [2.24, 2.45) is 0 Å². The lowest BCUT2D eigenvalue weighted by atomic mass is 10.2. The molecule has 1 saturated heterocycles. The molecule has 1 amide bonds. The third-order valence-corrected chi connectivity index (χ3v) is 6.94. The molecule has 0 bridgehead atoms. The number of hydrogen-bond acceptors (Lipinski definition) is 3.